The molecule has 0 spiro atoms. The molecule has 7 heteroatoms. The number of primary amides is 1. The van der Waals surface area contributed by atoms with Crippen LogP contribution >= 0.6 is 0 Å². The van der Waals surface area contributed by atoms with E-state index in [1.54, 1.807) is 0 Å². The molecule has 0 aromatic heterocycles. The van der Waals surface area contributed by atoms with Gasteiger partial charge in [-0.15, -0.1) is 0 Å². The minimum Gasteiger partial charge on any atom is -0.481 e. The third-order valence-electron chi connectivity index (χ3n) is 2.89. The highest BCUT2D eigenvalue weighted by Gasteiger charge is 2.30. The number of carboxylic acid groups (broad SMARTS) is 1. The van der Waals surface area contributed by atoms with E-state index in [9.17, 15) is 14.4 Å². The maximum atomic E-state index is 11.4. The fourth-order valence-electron chi connectivity index (χ4n) is 1.83. The topological polar surface area (TPSA) is 122 Å². The molecule has 3 amide bonds. The van der Waals surface area contributed by atoms with Gasteiger partial charge in [-0.2, -0.15) is 0 Å². The van der Waals surface area contributed by atoms with Crippen molar-refractivity contribution in [3.8, 4) is 0 Å². The number of hydrogen-bond donors (Lipinski definition) is 4. The second-order valence-electron chi connectivity index (χ2n) is 4.29. The Morgan fingerprint density at radius 2 is 2.00 bits per heavy atom. The van der Waals surface area contributed by atoms with Gasteiger partial charge in [-0.05, 0) is 26.2 Å². The van der Waals surface area contributed by atoms with Crippen molar-refractivity contribution in [2.24, 2.45) is 11.7 Å². The summed E-state index contributed by atoms with van der Waals surface area (Å²) in [5.74, 6) is -1.84. The second kappa shape index (κ2) is 5.51. The number of aliphatic carboxylic acids is 1. The Labute approximate surface area is 98.7 Å². The van der Waals surface area contributed by atoms with Gasteiger partial charge in [0.15, 0.2) is 0 Å². The van der Waals surface area contributed by atoms with E-state index in [0.717, 1.165) is 0 Å². The summed E-state index contributed by atoms with van der Waals surface area (Å²) in [5, 5.41) is 13.8. The standard InChI is InChI=1S/C10H17N3O4/c1-5(8(11)14)12-10(17)13-7-3-2-6(4-7)9(15)16/h5-7H,2-4H2,1H3,(H2,11,14)(H,15,16)(H2,12,13,17). The molecule has 0 bridgehead atoms. The molecule has 3 unspecified atom stereocenters. The van der Waals surface area contributed by atoms with Crippen molar-refractivity contribution >= 4 is 17.9 Å². The van der Waals surface area contributed by atoms with Gasteiger partial charge < -0.3 is 21.5 Å². The van der Waals surface area contributed by atoms with Crippen LogP contribution in [-0.2, 0) is 9.59 Å². The van der Waals surface area contributed by atoms with Crippen molar-refractivity contribution in [1.82, 2.24) is 10.6 Å². The Morgan fingerprint density at radius 3 is 2.47 bits per heavy atom. The maximum Gasteiger partial charge on any atom is 0.315 e. The van der Waals surface area contributed by atoms with Gasteiger partial charge in [0.1, 0.15) is 6.04 Å². The number of urea groups is 1. The predicted molar refractivity (Wildman–Crippen MR) is 59.1 cm³/mol. The molecule has 0 heterocycles. The van der Waals surface area contributed by atoms with Crippen molar-refractivity contribution in [1.29, 1.82) is 0 Å². The van der Waals surface area contributed by atoms with E-state index in [4.69, 9.17) is 10.8 Å². The maximum absolute atomic E-state index is 11.4. The molecule has 0 radical (unpaired) electrons. The Bertz CT molecular complexity index is 332. The molecule has 1 rings (SSSR count). The normalized spacial score (nSPS) is 25.0. The van der Waals surface area contributed by atoms with Gasteiger partial charge in [-0.25, -0.2) is 4.79 Å². The zero-order valence-electron chi connectivity index (χ0n) is 9.60. The minimum atomic E-state index is -0.833. The fraction of sp³-hybridized carbons (Fsp3) is 0.700. The second-order valence-corrected chi connectivity index (χ2v) is 4.29. The largest absolute Gasteiger partial charge is 0.481 e. The molecule has 17 heavy (non-hydrogen) atoms. The average molecular weight is 243 g/mol. The van der Waals surface area contributed by atoms with Crippen LogP contribution in [-0.4, -0.2) is 35.1 Å². The van der Waals surface area contributed by atoms with E-state index in [-0.39, 0.29) is 6.04 Å². The lowest BCUT2D eigenvalue weighted by atomic mass is 10.1. The van der Waals surface area contributed by atoms with Crippen LogP contribution in [0.5, 0.6) is 0 Å². The van der Waals surface area contributed by atoms with Crippen molar-refractivity contribution < 1.29 is 19.5 Å². The Hall–Kier alpha value is -1.79. The summed E-state index contributed by atoms with van der Waals surface area (Å²) in [4.78, 5) is 32.8. The lowest BCUT2D eigenvalue weighted by molar-refractivity contribution is -0.141. The molecule has 0 aromatic carbocycles. The Kier molecular flexibility index (Phi) is 4.30. The monoisotopic (exact) mass is 243 g/mol. The number of rotatable bonds is 4. The van der Waals surface area contributed by atoms with Gasteiger partial charge >= 0.3 is 12.0 Å². The van der Waals surface area contributed by atoms with Crippen LogP contribution in [0.25, 0.3) is 0 Å². The van der Waals surface area contributed by atoms with Crippen molar-refractivity contribution in [2.75, 3.05) is 0 Å². The highest BCUT2D eigenvalue weighted by atomic mass is 16.4. The van der Waals surface area contributed by atoms with Gasteiger partial charge in [0.25, 0.3) is 0 Å². The van der Waals surface area contributed by atoms with Crippen molar-refractivity contribution in [3.63, 3.8) is 0 Å². The fourth-order valence-corrected chi connectivity index (χ4v) is 1.83. The van der Waals surface area contributed by atoms with Gasteiger partial charge in [0.2, 0.25) is 5.91 Å². The minimum absolute atomic E-state index is 0.156. The molecule has 7 nitrogen and oxygen atoms in total. The molecule has 96 valence electrons. The SMILES string of the molecule is CC(NC(=O)NC1CCC(C(=O)O)C1)C(N)=O. The quantitative estimate of drug-likeness (QED) is 0.527. The van der Waals surface area contributed by atoms with E-state index in [1.165, 1.54) is 6.92 Å². The number of carboxylic acids is 1. The molecular weight excluding hydrogens is 226 g/mol. The van der Waals surface area contributed by atoms with Gasteiger partial charge in [0.05, 0.1) is 5.92 Å². The molecule has 0 aromatic rings. The lowest BCUT2D eigenvalue weighted by Gasteiger charge is -2.15. The van der Waals surface area contributed by atoms with Crippen LogP contribution in [0, 0.1) is 5.92 Å². The van der Waals surface area contributed by atoms with Gasteiger partial charge in [-0.1, -0.05) is 0 Å². The zero-order valence-corrected chi connectivity index (χ0v) is 9.60. The first-order chi connectivity index (χ1) is 7.90. The highest BCUT2D eigenvalue weighted by Crippen LogP contribution is 2.25. The summed E-state index contributed by atoms with van der Waals surface area (Å²) >= 11 is 0. The summed E-state index contributed by atoms with van der Waals surface area (Å²) < 4.78 is 0. The molecule has 1 fully saturated rings. The van der Waals surface area contributed by atoms with Crippen molar-refractivity contribution in [3.05, 3.63) is 0 Å². The highest BCUT2D eigenvalue weighted by molar-refractivity contribution is 5.85. The molecule has 1 aliphatic carbocycles. The smallest absolute Gasteiger partial charge is 0.315 e. The lowest BCUT2D eigenvalue weighted by Crippen LogP contribution is -2.49. The first-order valence-electron chi connectivity index (χ1n) is 5.49. The summed E-state index contributed by atoms with van der Waals surface area (Å²) in [7, 11) is 0. The van der Waals surface area contributed by atoms with Crippen molar-refractivity contribution in [2.45, 2.75) is 38.3 Å². The third-order valence-corrected chi connectivity index (χ3v) is 2.89. The average Bonchev–Trinajstić information content (AvgIpc) is 2.65. The van der Waals surface area contributed by atoms with Crippen LogP contribution in [0.3, 0.4) is 0 Å². The summed E-state index contributed by atoms with van der Waals surface area (Å²) in [6.45, 7) is 1.48. The van der Waals surface area contributed by atoms with E-state index >= 15 is 0 Å². The molecular formula is C10H17N3O4. The van der Waals surface area contributed by atoms with E-state index < -0.39 is 29.9 Å². The zero-order chi connectivity index (χ0) is 13.0. The number of nitrogens with one attached hydrogen (secondary N) is 2. The number of nitrogens with two attached hydrogens (primary N) is 1. The summed E-state index contributed by atoms with van der Waals surface area (Å²) in [6, 6.07) is -1.39. The van der Waals surface area contributed by atoms with Crippen LogP contribution < -0.4 is 16.4 Å². The number of amides is 3. The molecule has 0 saturated heterocycles. The molecule has 0 aliphatic heterocycles. The van der Waals surface area contributed by atoms with Crippen LogP contribution in [0.2, 0.25) is 0 Å². The predicted octanol–water partition coefficient (Wildman–Crippen LogP) is -0.587. The van der Waals surface area contributed by atoms with E-state index in [2.05, 4.69) is 10.6 Å². The Morgan fingerprint density at radius 1 is 1.35 bits per heavy atom. The number of hydrogen-bond acceptors (Lipinski definition) is 3. The van der Waals surface area contributed by atoms with Gasteiger partial charge in [-0.3, -0.25) is 9.59 Å². The molecule has 3 atom stereocenters. The molecule has 1 aliphatic rings. The van der Waals surface area contributed by atoms with E-state index in [0.29, 0.717) is 19.3 Å². The molecule has 5 N–H and O–H groups in total. The van der Waals surface area contributed by atoms with Crippen LogP contribution in [0.1, 0.15) is 26.2 Å². The molecule has 1 saturated carbocycles. The van der Waals surface area contributed by atoms with Crippen LogP contribution in [0.4, 0.5) is 4.79 Å². The number of carbonyl (C=O) groups excluding carboxylic acids is 2. The first-order valence-corrected chi connectivity index (χ1v) is 5.49. The Balaban J connectivity index is 2.33. The third kappa shape index (κ3) is 3.93. The summed E-state index contributed by atoms with van der Waals surface area (Å²) in [6.07, 6.45) is 1.62. The van der Waals surface area contributed by atoms with E-state index in [1.807, 2.05) is 0 Å². The van der Waals surface area contributed by atoms with Crippen LogP contribution in [0.15, 0.2) is 0 Å². The number of carbonyl (C=O) groups is 3. The van der Waals surface area contributed by atoms with Gasteiger partial charge in [0, 0.05) is 6.04 Å². The first kappa shape index (κ1) is 13.3. The summed E-state index contributed by atoms with van der Waals surface area (Å²) in [5.41, 5.74) is 5.00.